The molecule has 0 aliphatic carbocycles. The van der Waals surface area contributed by atoms with E-state index < -0.39 is 0 Å². The highest BCUT2D eigenvalue weighted by Gasteiger charge is 2.24. The van der Waals surface area contributed by atoms with E-state index in [9.17, 15) is 0 Å². The van der Waals surface area contributed by atoms with Gasteiger partial charge in [0.15, 0.2) is 5.82 Å². The zero-order valence-corrected chi connectivity index (χ0v) is 14.6. The van der Waals surface area contributed by atoms with Crippen LogP contribution >= 0.6 is 0 Å². The fourth-order valence-corrected chi connectivity index (χ4v) is 2.95. The zero-order chi connectivity index (χ0) is 17.1. The Labute approximate surface area is 143 Å². The molecule has 1 fully saturated rings. The summed E-state index contributed by atoms with van der Waals surface area (Å²) in [5.41, 5.74) is 7.13. The SMILES string of the molecule is C[C@@H](c1nc(N)nc(N(C)C)n1)N1CCN(c2ccccc2)CC1. The molecule has 0 unspecified atom stereocenters. The summed E-state index contributed by atoms with van der Waals surface area (Å²) in [4.78, 5) is 19.7. The molecular formula is C17H25N7. The minimum absolute atomic E-state index is 0.118. The normalized spacial score (nSPS) is 16.9. The minimum Gasteiger partial charge on any atom is -0.369 e. The molecule has 1 aromatic heterocycles. The smallest absolute Gasteiger partial charge is 0.229 e. The molecule has 2 heterocycles. The van der Waals surface area contributed by atoms with Crippen LogP contribution < -0.4 is 15.5 Å². The molecule has 0 saturated carbocycles. The summed E-state index contributed by atoms with van der Waals surface area (Å²) in [6.45, 7) is 6.06. The maximum Gasteiger partial charge on any atom is 0.229 e. The fourth-order valence-electron chi connectivity index (χ4n) is 2.95. The molecule has 2 aromatic rings. The second-order valence-corrected chi connectivity index (χ2v) is 6.28. The molecule has 24 heavy (non-hydrogen) atoms. The molecule has 0 bridgehead atoms. The van der Waals surface area contributed by atoms with Crippen molar-refractivity contribution in [1.29, 1.82) is 0 Å². The van der Waals surface area contributed by atoms with Gasteiger partial charge in [0.2, 0.25) is 11.9 Å². The number of piperazine rings is 1. The largest absolute Gasteiger partial charge is 0.369 e. The first-order valence-electron chi connectivity index (χ1n) is 8.27. The molecule has 3 rings (SSSR count). The first-order chi connectivity index (χ1) is 11.5. The maximum absolute atomic E-state index is 5.85. The van der Waals surface area contributed by atoms with Gasteiger partial charge in [0.05, 0.1) is 6.04 Å². The van der Waals surface area contributed by atoms with Crippen molar-refractivity contribution in [3.8, 4) is 0 Å². The maximum atomic E-state index is 5.85. The van der Waals surface area contributed by atoms with Crippen molar-refractivity contribution in [2.45, 2.75) is 13.0 Å². The van der Waals surface area contributed by atoms with Gasteiger partial charge in [-0.05, 0) is 19.1 Å². The third kappa shape index (κ3) is 3.56. The van der Waals surface area contributed by atoms with Crippen molar-refractivity contribution in [3.63, 3.8) is 0 Å². The molecule has 7 nitrogen and oxygen atoms in total. The van der Waals surface area contributed by atoms with E-state index in [1.807, 2.05) is 19.0 Å². The summed E-state index contributed by atoms with van der Waals surface area (Å²) in [5.74, 6) is 1.62. The Bertz CT molecular complexity index is 666. The van der Waals surface area contributed by atoms with E-state index in [4.69, 9.17) is 5.73 Å². The van der Waals surface area contributed by atoms with Crippen LogP contribution in [0, 0.1) is 0 Å². The zero-order valence-electron chi connectivity index (χ0n) is 14.6. The predicted molar refractivity (Wildman–Crippen MR) is 97.2 cm³/mol. The lowest BCUT2D eigenvalue weighted by Gasteiger charge is -2.38. The van der Waals surface area contributed by atoms with Crippen molar-refractivity contribution in [3.05, 3.63) is 36.2 Å². The average molecular weight is 327 g/mol. The van der Waals surface area contributed by atoms with E-state index in [0.717, 1.165) is 32.0 Å². The summed E-state index contributed by atoms with van der Waals surface area (Å²) in [5, 5.41) is 0. The van der Waals surface area contributed by atoms with E-state index in [-0.39, 0.29) is 12.0 Å². The molecule has 7 heteroatoms. The van der Waals surface area contributed by atoms with Gasteiger partial charge < -0.3 is 15.5 Å². The number of nitrogen functional groups attached to an aromatic ring is 1. The van der Waals surface area contributed by atoms with Crippen LogP contribution in [0.1, 0.15) is 18.8 Å². The van der Waals surface area contributed by atoms with E-state index in [1.54, 1.807) is 0 Å². The van der Waals surface area contributed by atoms with Gasteiger partial charge in [0.1, 0.15) is 0 Å². The number of rotatable bonds is 4. The third-order valence-corrected chi connectivity index (χ3v) is 4.42. The van der Waals surface area contributed by atoms with Crippen LogP contribution in [0.25, 0.3) is 0 Å². The topological polar surface area (TPSA) is 74.4 Å². The Morgan fingerprint density at radius 1 is 1.00 bits per heavy atom. The van der Waals surface area contributed by atoms with Crippen LogP contribution in [0.15, 0.2) is 30.3 Å². The van der Waals surface area contributed by atoms with Gasteiger partial charge in [0.25, 0.3) is 0 Å². The number of benzene rings is 1. The van der Waals surface area contributed by atoms with E-state index in [1.165, 1.54) is 5.69 Å². The Morgan fingerprint density at radius 2 is 1.67 bits per heavy atom. The number of nitrogens with two attached hydrogens (primary N) is 1. The lowest BCUT2D eigenvalue weighted by Crippen LogP contribution is -2.47. The molecule has 0 amide bonds. The Kier molecular flexibility index (Phi) is 4.80. The van der Waals surface area contributed by atoms with E-state index in [2.05, 4.69) is 62.0 Å². The highest BCUT2D eigenvalue weighted by molar-refractivity contribution is 5.46. The van der Waals surface area contributed by atoms with Crippen LogP contribution in [0.2, 0.25) is 0 Å². The number of hydrogen-bond acceptors (Lipinski definition) is 7. The average Bonchev–Trinajstić information content (AvgIpc) is 2.61. The van der Waals surface area contributed by atoms with Gasteiger partial charge in [-0.2, -0.15) is 15.0 Å². The molecule has 1 atom stereocenters. The van der Waals surface area contributed by atoms with Crippen molar-refractivity contribution in [2.75, 3.05) is 55.8 Å². The van der Waals surface area contributed by atoms with Crippen molar-refractivity contribution < 1.29 is 0 Å². The highest BCUT2D eigenvalue weighted by atomic mass is 15.3. The fraction of sp³-hybridized carbons (Fsp3) is 0.471. The molecule has 1 aromatic carbocycles. The number of anilines is 3. The molecule has 1 saturated heterocycles. The van der Waals surface area contributed by atoms with Crippen molar-refractivity contribution in [2.24, 2.45) is 0 Å². The Morgan fingerprint density at radius 3 is 2.29 bits per heavy atom. The molecule has 0 spiro atoms. The van der Waals surface area contributed by atoms with Gasteiger partial charge >= 0.3 is 0 Å². The highest BCUT2D eigenvalue weighted by Crippen LogP contribution is 2.22. The van der Waals surface area contributed by atoms with Gasteiger partial charge in [-0.1, -0.05) is 18.2 Å². The third-order valence-electron chi connectivity index (χ3n) is 4.42. The number of para-hydroxylation sites is 1. The number of hydrogen-bond donors (Lipinski definition) is 1. The van der Waals surface area contributed by atoms with Gasteiger partial charge in [-0.25, -0.2) is 0 Å². The Hall–Kier alpha value is -2.41. The lowest BCUT2D eigenvalue weighted by atomic mass is 10.2. The first kappa shape index (κ1) is 16.4. The molecule has 0 radical (unpaired) electrons. The van der Waals surface area contributed by atoms with Crippen LogP contribution in [0.4, 0.5) is 17.6 Å². The second kappa shape index (κ2) is 7.00. The summed E-state index contributed by atoms with van der Waals surface area (Å²) in [6.07, 6.45) is 0. The Balaban J connectivity index is 1.68. The van der Waals surface area contributed by atoms with Gasteiger partial charge in [-0.15, -0.1) is 0 Å². The van der Waals surface area contributed by atoms with Crippen molar-refractivity contribution >= 4 is 17.6 Å². The molecule has 128 valence electrons. The molecular weight excluding hydrogens is 302 g/mol. The van der Waals surface area contributed by atoms with E-state index >= 15 is 0 Å². The number of nitrogens with zero attached hydrogens (tertiary/aromatic N) is 6. The second-order valence-electron chi connectivity index (χ2n) is 6.28. The van der Waals surface area contributed by atoms with Gasteiger partial charge in [0, 0.05) is 46.0 Å². The van der Waals surface area contributed by atoms with Crippen LogP contribution in [0.3, 0.4) is 0 Å². The van der Waals surface area contributed by atoms with E-state index in [0.29, 0.717) is 5.95 Å². The molecule has 1 aliphatic heterocycles. The van der Waals surface area contributed by atoms with Crippen LogP contribution in [-0.4, -0.2) is 60.1 Å². The minimum atomic E-state index is 0.118. The quantitative estimate of drug-likeness (QED) is 0.910. The summed E-state index contributed by atoms with van der Waals surface area (Å²) < 4.78 is 0. The van der Waals surface area contributed by atoms with Crippen LogP contribution in [-0.2, 0) is 0 Å². The molecule has 1 aliphatic rings. The summed E-state index contributed by atoms with van der Waals surface area (Å²) in [7, 11) is 3.81. The number of aromatic nitrogens is 3. The molecule has 2 N–H and O–H groups in total. The first-order valence-corrected chi connectivity index (χ1v) is 8.27. The summed E-state index contributed by atoms with van der Waals surface area (Å²) >= 11 is 0. The summed E-state index contributed by atoms with van der Waals surface area (Å²) in [6, 6.07) is 10.7. The van der Waals surface area contributed by atoms with Crippen molar-refractivity contribution in [1.82, 2.24) is 19.9 Å². The van der Waals surface area contributed by atoms with Gasteiger partial charge in [-0.3, -0.25) is 4.90 Å². The van der Waals surface area contributed by atoms with Crippen LogP contribution in [0.5, 0.6) is 0 Å². The standard InChI is InChI=1S/C17H25N7/c1-13(15-19-16(18)21-17(20-15)22(2)3)23-9-11-24(12-10-23)14-7-5-4-6-8-14/h4-8,13H,9-12H2,1-3H3,(H2,18,19,20,21)/t13-/m0/s1. The predicted octanol–water partition coefficient (Wildman–Crippen LogP) is 1.40. The lowest BCUT2D eigenvalue weighted by molar-refractivity contribution is 0.191. The monoisotopic (exact) mass is 327 g/mol.